The smallest absolute Gasteiger partial charge is 0.114 e. The van der Waals surface area contributed by atoms with Gasteiger partial charge in [0, 0.05) is 0 Å². The molecule has 1 nitrogen and oxygen atoms in total. The molecule has 12 heavy (non-hydrogen) atoms. The molecule has 0 saturated carbocycles. The quantitative estimate of drug-likeness (QED) is 0.589. The summed E-state index contributed by atoms with van der Waals surface area (Å²) in [7, 11) is 0. The molecule has 0 atom stereocenters. The lowest BCUT2D eigenvalue weighted by Gasteiger charge is -2.35. The van der Waals surface area contributed by atoms with Crippen molar-refractivity contribution in [3.63, 3.8) is 0 Å². The van der Waals surface area contributed by atoms with Crippen LogP contribution in [0.25, 0.3) is 0 Å². The van der Waals surface area contributed by atoms with Crippen molar-refractivity contribution < 1.29 is 21.5 Å². The minimum absolute atomic E-state index is 0. The molecule has 0 amide bonds. The van der Waals surface area contributed by atoms with E-state index < -0.39 is 0 Å². The highest BCUT2D eigenvalue weighted by atomic mass is 79.9. The summed E-state index contributed by atoms with van der Waals surface area (Å²) in [6.45, 7) is 14.7. The Morgan fingerprint density at radius 2 is 1.50 bits per heavy atom. The van der Waals surface area contributed by atoms with Crippen molar-refractivity contribution in [3.8, 4) is 0 Å². The first kappa shape index (κ1) is 15.0. The third-order valence-electron chi connectivity index (χ3n) is 2.52. The van der Waals surface area contributed by atoms with E-state index in [9.17, 15) is 0 Å². The van der Waals surface area contributed by atoms with Gasteiger partial charge < -0.3 is 21.5 Å². The van der Waals surface area contributed by atoms with E-state index in [-0.39, 0.29) is 17.0 Å². The van der Waals surface area contributed by atoms with Crippen LogP contribution < -0.4 is 17.0 Å². The van der Waals surface area contributed by atoms with E-state index in [0.717, 1.165) is 35.7 Å². The van der Waals surface area contributed by atoms with Crippen molar-refractivity contribution in [2.45, 2.75) is 20.8 Å². The van der Waals surface area contributed by atoms with Crippen LogP contribution in [0.15, 0.2) is 11.6 Å². The first-order valence-corrected chi connectivity index (χ1v) is 4.66. The van der Waals surface area contributed by atoms with Crippen LogP contribution >= 0.6 is 11.6 Å². The summed E-state index contributed by atoms with van der Waals surface area (Å²) in [6, 6.07) is 0. The van der Waals surface area contributed by atoms with Gasteiger partial charge in [0.15, 0.2) is 0 Å². The van der Waals surface area contributed by atoms with E-state index >= 15 is 0 Å². The van der Waals surface area contributed by atoms with Gasteiger partial charge in [-0.1, -0.05) is 18.2 Å². The Morgan fingerprint density at radius 1 is 1.17 bits per heavy atom. The molecule has 0 spiro atoms. The molecule has 0 bridgehead atoms. The summed E-state index contributed by atoms with van der Waals surface area (Å²) < 4.78 is 1.06. The zero-order chi connectivity index (χ0) is 8.91. The van der Waals surface area contributed by atoms with Crippen LogP contribution in [0.1, 0.15) is 20.8 Å². The number of halogens is 2. The first-order chi connectivity index (χ1) is 5.10. The van der Waals surface area contributed by atoms with Gasteiger partial charge in [0.25, 0.3) is 0 Å². The summed E-state index contributed by atoms with van der Waals surface area (Å²) in [5, 5.41) is 0.774. The lowest BCUT2D eigenvalue weighted by molar-refractivity contribution is -0.918. The first-order valence-electron chi connectivity index (χ1n) is 4.28. The molecule has 74 valence electrons. The van der Waals surface area contributed by atoms with Gasteiger partial charge in [-0.3, -0.25) is 0 Å². The average molecular weight is 257 g/mol. The van der Waals surface area contributed by atoms with Crippen molar-refractivity contribution in [2.75, 3.05) is 26.2 Å². The summed E-state index contributed by atoms with van der Waals surface area (Å²) >= 11 is 5.79. The molecule has 0 unspecified atom stereocenters. The lowest BCUT2D eigenvalue weighted by Crippen LogP contribution is -3.00. The van der Waals surface area contributed by atoms with Gasteiger partial charge in [0.05, 0.1) is 24.7 Å². The highest BCUT2D eigenvalue weighted by Gasteiger charge is 2.20. The van der Waals surface area contributed by atoms with E-state index in [0.29, 0.717) is 0 Å². The second-order valence-corrected chi connectivity index (χ2v) is 3.50. The van der Waals surface area contributed by atoms with Gasteiger partial charge in [-0.05, 0) is 20.8 Å². The Labute approximate surface area is 91.8 Å². The maximum absolute atomic E-state index is 5.79. The van der Waals surface area contributed by atoms with Crippen LogP contribution in [0.4, 0.5) is 0 Å². The Bertz CT molecular complexity index is 124. The number of rotatable bonds is 5. The van der Waals surface area contributed by atoms with Crippen LogP contribution in [0.3, 0.4) is 0 Å². The molecule has 0 aromatic carbocycles. The molecule has 0 radical (unpaired) electrons. The topological polar surface area (TPSA) is 0 Å². The molecule has 3 heteroatoms. The van der Waals surface area contributed by atoms with Crippen LogP contribution in [-0.2, 0) is 0 Å². The molecule has 0 aromatic heterocycles. The van der Waals surface area contributed by atoms with Gasteiger partial charge in [0.2, 0.25) is 0 Å². The third-order valence-corrected chi connectivity index (χ3v) is 2.64. The fourth-order valence-electron chi connectivity index (χ4n) is 1.37. The number of hydrogen-bond acceptors (Lipinski definition) is 0. The van der Waals surface area contributed by atoms with Crippen molar-refractivity contribution >= 4 is 11.6 Å². The van der Waals surface area contributed by atoms with Gasteiger partial charge in [0.1, 0.15) is 6.54 Å². The predicted molar refractivity (Wildman–Crippen MR) is 51.7 cm³/mol. The average Bonchev–Trinajstić information content (AvgIpc) is 2.00. The molecule has 0 fully saturated rings. The number of nitrogens with zero attached hydrogens (tertiary/aromatic N) is 1. The molecule has 0 aliphatic heterocycles. The van der Waals surface area contributed by atoms with Crippen molar-refractivity contribution in [3.05, 3.63) is 11.6 Å². The van der Waals surface area contributed by atoms with Gasteiger partial charge in [-0.25, -0.2) is 0 Å². The van der Waals surface area contributed by atoms with Crippen molar-refractivity contribution in [2.24, 2.45) is 0 Å². The van der Waals surface area contributed by atoms with Crippen LogP contribution in [0.5, 0.6) is 0 Å². The van der Waals surface area contributed by atoms with Crippen LogP contribution in [0.2, 0.25) is 0 Å². The summed E-state index contributed by atoms with van der Waals surface area (Å²) in [5.41, 5.74) is 0. The van der Waals surface area contributed by atoms with Gasteiger partial charge in [-0.2, -0.15) is 0 Å². The standard InChI is InChI=1S/C9H19ClN.BrH/c1-5-11(6-2,7-3)8-9(4)10;/h4-8H2,1-3H3;1H/q+1;/p-1. The summed E-state index contributed by atoms with van der Waals surface area (Å²) in [4.78, 5) is 0. The lowest BCUT2D eigenvalue weighted by atomic mass is 10.3. The zero-order valence-electron chi connectivity index (χ0n) is 8.24. The molecule has 0 heterocycles. The number of hydrogen-bond donors (Lipinski definition) is 0. The Kier molecular flexibility index (Phi) is 8.64. The fraction of sp³-hybridized carbons (Fsp3) is 0.778. The molecule has 0 aliphatic carbocycles. The minimum atomic E-state index is 0. The van der Waals surface area contributed by atoms with E-state index in [1.54, 1.807) is 0 Å². The van der Waals surface area contributed by atoms with Crippen molar-refractivity contribution in [1.82, 2.24) is 0 Å². The maximum atomic E-state index is 5.79. The minimum Gasteiger partial charge on any atom is -1.00 e. The Hall–Kier alpha value is 0.470. The molecule has 0 aromatic rings. The molecule has 0 N–H and O–H groups in total. The second-order valence-electron chi connectivity index (χ2n) is 2.97. The van der Waals surface area contributed by atoms with E-state index in [1.807, 2.05) is 0 Å². The van der Waals surface area contributed by atoms with E-state index in [2.05, 4.69) is 27.4 Å². The normalized spacial score (nSPS) is 10.7. The molecule has 0 rings (SSSR count). The van der Waals surface area contributed by atoms with Gasteiger partial charge >= 0.3 is 0 Å². The number of quaternary nitrogens is 1. The zero-order valence-corrected chi connectivity index (χ0v) is 10.6. The third kappa shape index (κ3) is 4.48. The molecule has 0 aliphatic rings. The highest BCUT2D eigenvalue weighted by molar-refractivity contribution is 6.29. The van der Waals surface area contributed by atoms with E-state index in [4.69, 9.17) is 11.6 Å². The molecule has 0 saturated heterocycles. The SMILES string of the molecule is C=C(Cl)C[N+](CC)(CC)CC.[Br-]. The van der Waals surface area contributed by atoms with Crippen LogP contribution in [-0.4, -0.2) is 30.7 Å². The summed E-state index contributed by atoms with van der Waals surface area (Å²) in [6.07, 6.45) is 0. The van der Waals surface area contributed by atoms with Crippen LogP contribution in [0, 0.1) is 0 Å². The number of likely N-dealkylation sites (N-methyl/N-ethyl adjacent to an activating group) is 1. The van der Waals surface area contributed by atoms with Crippen molar-refractivity contribution in [1.29, 1.82) is 0 Å². The molecular formula is C9H19BrClN. The molecular weight excluding hydrogens is 237 g/mol. The van der Waals surface area contributed by atoms with E-state index in [1.165, 1.54) is 0 Å². The predicted octanol–water partition coefficient (Wildman–Crippen LogP) is -0.381. The monoisotopic (exact) mass is 255 g/mol. The Morgan fingerprint density at radius 3 is 1.58 bits per heavy atom. The Balaban J connectivity index is 0. The second kappa shape index (κ2) is 6.93. The summed E-state index contributed by atoms with van der Waals surface area (Å²) in [5.74, 6) is 0. The largest absolute Gasteiger partial charge is 1.00 e. The maximum Gasteiger partial charge on any atom is 0.114 e. The fourth-order valence-corrected chi connectivity index (χ4v) is 1.62. The highest BCUT2D eigenvalue weighted by Crippen LogP contribution is 2.11. The van der Waals surface area contributed by atoms with Gasteiger partial charge in [-0.15, -0.1) is 0 Å².